The number of nitrogens with two attached hydrogens (primary N) is 1. The molecule has 0 unspecified atom stereocenters. The summed E-state index contributed by atoms with van der Waals surface area (Å²) in [6.07, 6.45) is 0. The van der Waals surface area contributed by atoms with Gasteiger partial charge in [0.15, 0.2) is 0 Å². The average molecular weight is 250 g/mol. The van der Waals surface area contributed by atoms with Gasteiger partial charge in [-0.3, -0.25) is 0 Å². The van der Waals surface area contributed by atoms with Crippen LogP contribution in [0.3, 0.4) is 0 Å². The summed E-state index contributed by atoms with van der Waals surface area (Å²) in [4.78, 5) is 0. The zero-order valence-corrected chi connectivity index (χ0v) is 9.85. The monoisotopic (exact) mass is 249 g/mol. The molecule has 1 aromatic carbocycles. The van der Waals surface area contributed by atoms with Gasteiger partial charge in [-0.15, -0.1) is 0 Å². The first-order valence-electron chi connectivity index (χ1n) is 4.81. The molecule has 1 aromatic rings. The summed E-state index contributed by atoms with van der Waals surface area (Å²) in [5, 5.41) is 8.94. The molecule has 0 spiro atoms. The fraction of sp³-hybridized carbons (Fsp3) is 0.455. The molecule has 0 radical (unpaired) electrons. The molecular weight excluding hydrogens is 236 g/mol. The van der Waals surface area contributed by atoms with E-state index in [0.717, 1.165) is 12.1 Å². The Balaban J connectivity index is 3.28. The quantitative estimate of drug-likeness (QED) is 0.809. The number of hydrogen-bond donors (Lipinski definition) is 2. The molecule has 0 bridgehead atoms. The van der Waals surface area contributed by atoms with E-state index in [2.05, 4.69) is 0 Å². The fourth-order valence-corrected chi connectivity index (χ4v) is 1.48. The third kappa shape index (κ3) is 2.34. The van der Waals surface area contributed by atoms with Crippen molar-refractivity contribution in [2.75, 3.05) is 6.61 Å². The Hall–Kier alpha value is -0.710. The average Bonchev–Trinajstić information content (AvgIpc) is 2.24. The number of aliphatic hydroxyl groups excluding tert-OH is 1. The molecule has 0 aliphatic heterocycles. The van der Waals surface area contributed by atoms with Crippen LogP contribution in [0.25, 0.3) is 0 Å². The summed E-state index contributed by atoms with van der Waals surface area (Å²) in [5.41, 5.74) is 4.64. The van der Waals surface area contributed by atoms with Crippen molar-refractivity contribution < 1.29 is 13.9 Å². The summed E-state index contributed by atoms with van der Waals surface area (Å²) in [7, 11) is 0. The molecule has 1 rings (SSSR count). The van der Waals surface area contributed by atoms with Gasteiger partial charge in [0.25, 0.3) is 0 Å². The van der Waals surface area contributed by atoms with Crippen molar-refractivity contribution in [1.82, 2.24) is 0 Å². The minimum absolute atomic E-state index is 0.180. The lowest BCUT2D eigenvalue weighted by Crippen LogP contribution is -2.33. The van der Waals surface area contributed by atoms with Crippen LogP contribution in [0.4, 0.5) is 8.78 Å². The van der Waals surface area contributed by atoms with E-state index in [4.69, 9.17) is 22.4 Å². The number of aliphatic hydroxyl groups is 1. The minimum atomic E-state index is -0.962. The summed E-state index contributed by atoms with van der Waals surface area (Å²) in [6, 6.07) is 1.24. The van der Waals surface area contributed by atoms with Crippen LogP contribution >= 0.6 is 11.6 Å². The summed E-state index contributed by atoms with van der Waals surface area (Å²) < 4.78 is 27.1. The van der Waals surface area contributed by atoms with Crippen molar-refractivity contribution in [3.05, 3.63) is 34.4 Å². The lowest BCUT2D eigenvalue weighted by Gasteiger charge is -2.30. The highest BCUT2D eigenvalue weighted by Gasteiger charge is 2.32. The van der Waals surface area contributed by atoms with Crippen LogP contribution in [0, 0.1) is 17.0 Å². The predicted molar refractivity (Wildman–Crippen MR) is 59.2 cm³/mol. The van der Waals surface area contributed by atoms with E-state index in [0.29, 0.717) is 0 Å². The van der Waals surface area contributed by atoms with E-state index in [1.807, 2.05) is 0 Å². The largest absolute Gasteiger partial charge is 0.396 e. The second-order valence-corrected chi connectivity index (χ2v) is 4.79. The number of benzene rings is 1. The third-order valence-corrected chi connectivity index (χ3v) is 2.93. The molecule has 0 aromatic heterocycles. The fourth-order valence-electron chi connectivity index (χ4n) is 1.32. The van der Waals surface area contributed by atoms with Crippen molar-refractivity contribution in [1.29, 1.82) is 0 Å². The molecule has 0 saturated heterocycles. The second-order valence-electron chi connectivity index (χ2n) is 4.38. The standard InChI is InChI=1S/C11H14ClF2NO/c1-11(2,5-16)10(15)8-7(13)4-3-6(12)9(8)14/h3-4,10,16H,5,15H2,1-2H3/t10-/m0/s1. The molecule has 5 heteroatoms. The van der Waals surface area contributed by atoms with Gasteiger partial charge in [-0.25, -0.2) is 8.78 Å². The Labute approximate surface area is 98.0 Å². The zero-order chi connectivity index (χ0) is 12.5. The summed E-state index contributed by atoms with van der Waals surface area (Å²) in [5.74, 6) is -1.62. The predicted octanol–water partition coefficient (Wildman–Crippen LogP) is 2.64. The van der Waals surface area contributed by atoms with Crippen LogP contribution < -0.4 is 5.73 Å². The van der Waals surface area contributed by atoms with Crippen molar-refractivity contribution >= 4 is 11.6 Å². The molecule has 16 heavy (non-hydrogen) atoms. The SMILES string of the molecule is CC(C)(CO)[C@@H](N)c1c(F)ccc(Cl)c1F. The van der Waals surface area contributed by atoms with Gasteiger partial charge in [0, 0.05) is 23.6 Å². The van der Waals surface area contributed by atoms with Crippen molar-refractivity contribution in [3.8, 4) is 0 Å². The van der Waals surface area contributed by atoms with E-state index in [1.54, 1.807) is 13.8 Å². The maximum absolute atomic E-state index is 13.6. The van der Waals surface area contributed by atoms with Gasteiger partial charge in [-0.05, 0) is 12.1 Å². The van der Waals surface area contributed by atoms with Crippen molar-refractivity contribution in [3.63, 3.8) is 0 Å². The van der Waals surface area contributed by atoms with Crippen LogP contribution in [0.1, 0.15) is 25.5 Å². The third-order valence-electron chi connectivity index (χ3n) is 2.64. The highest BCUT2D eigenvalue weighted by Crippen LogP contribution is 2.35. The minimum Gasteiger partial charge on any atom is -0.396 e. The molecule has 1 atom stereocenters. The Morgan fingerprint density at radius 2 is 2.00 bits per heavy atom. The first kappa shape index (κ1) is 13.4. The van der Waals surface area contributed by atoms with Gasteiger partial charge in [0.1, 0.15) is 11.6 Å². The lowest BCUT2D eigenvalue weighted by atomic mass is 9.81. The molecular formula is C11H14ClF2NO. The topological polar surface area (TPSA) is 46.2 Å². The van der Waals surface area contributed by atoms with Gasteiger partial charge in [0.2, 0.25) is 0 Å². The summed E-state index contributed by atoms with van der Waals surface area (Å²) >= 11 is 5.56. The van der Waals surface area contributed by atoms with Gasteiger partial charge in [-0.1, -0.05) is 25.4 Å². The van der Waals surface area contributed by atoms with Crippen molar-refractivity contribution in [2.45, 2.75) is 19.9 Å². The molecule has 90 valence electrons. The van der Waals surface area contributed by atoms with Gasteiger partial charge < -0.3 is 10.8 Å². The number of halogens is 3. The normalized spacial score (nSPS) is 13.9. The van der Waals surface area contributed by atoms with Crippen LogP contribution in [-0.2, 0) is 0 Å². The van der Waals surface area contributed by atoms with Gasteiger partial charge >= 0.3 is 0 Å². The smallest absolute Gasteiger partial charge is 0.149 e. The van der Waals surface area contributed by atoms with Crippen LogP contribution in [0.15, 0.2) is 12.1 Å². The zero-order valence-electron chi connectivity index (χ0n) is 9.10. The van der Waals surface area contributed by atoms with Gasteiger partial charge in [0.05, 0.1) is 5.02 Å². The maximum atomic E-state index is 13.6. The number of rotatable bonds is 3. The number of hydrogen-bond acceptors (Lipinski definition) is 2. The second kappa shape index (κ2) is 4.65. The maximum Gasteiger partial charge on any atom is 0.149 e. The van der Waals surface area contributed by atoms with E-state index in [1.165, 1.54) is 0 Å². The molecule has 2 nitrogen and oxygen atoms in total. The Kier molecular flexibility index (Phi) is 3.88. The Morgan fingerprint density at radius 3 is 2.50 bits per heavy atom. The lowest BCUT2D eigenvalue weighted by molar-refractivity contribution is 0.129. The van der Waals surface area contributed by atoms with E-state index < -0.39 is 23.1 Å². The Morgan fingerprint density at radius 1 is 1.44 bits per heavy atom. The van der Waals surface area contributed by atoms with Crippen LogP contribution in [-0.4, -0.2) is 11.7 Å². The van der Waals surface area contributed by atoms with Crippen LogP contribution in [0.2, 0.25) is 5.02 Å². The van der Waals surface area contributed by atoms with E-state index in [9.17, 15) is 8.78 Å². The van der Waals surface area contributed by atoms with E-state index >= 15 is 0 Å². The first-order valence-corrected chi connectivity index (χ1v) is 5.19. The summed E-state index contributed by atoms with van der Waals surface area (Å²) in [6.45, 7) is 2.97. The molecule has 0 amide bonds. The van der Waals surface area contributed by atoms with Crippen LogP contribution in [0.5, 0.6) is 0 Å². The molecule has 0 aliphatic carbocycles. The molecule has 0 saturated carbocycles. The first-order chi connectivity index (χ1) is 7.31. The Bertz CT molecular complexity index is 396. The molecule has 3 N–H and O–H groups in total. The highest BCUT2D eigenvalue weighted by atomic mass is 35.5. The van der Waals surface area contributed by atoms with Crippen molar-refractivity contribution in [2.24, 2.45) is 11.1 Å². The molecule has 0 heterocycles. The van der Waals surface area contributed by atoms with E-state index in [-0.39, 0.29) is 17.2 Å². The molecule has 0 aliphatic rings. The van der Waals surface area contributed by atoms with Gasteiger partial charge in [-0.2, -0.15) is 0 Å². The molecule has 0 fully saturated rings. The highest BCUT2D eigenvalue weighted by molar-refractivity contribution is 6.30.